The first kappa shape index (κ1) is 22.5. The second-order valence-electron chi connectivity index (χ2n) is 9.14. The molecule has 171 valence electrons. The quantitative estimate of drug-likeness (QED) is 0.133. The Morgan fingerprint density at radius 1 is 0.912 bits per heavy atom. The third-order valence-corrected chi connectivity index (χ3v) is 6.68. The number of fused-ring (bicyclic) bond motifs is 6. The molecule has 34 heavy (non-hydrogen) atoms. The molecule has 0 unspecified atom stereocenters. The number of nitrogens with zero attached hydrogens (tertiary/aromatic N) is 4. The summed E-state index contributed by atoms with van der Waals surface area (Å²) < 4.78 is 6.60. The minimum Gasteiger partial charge on any atom is -0.339 e. The fourth-order valence-corrected chi connectivity index (χ4v) is 5.14. The molecule has 0 saturated heterocycles. The van der Waals surface area contributed by atoms with E-state index in [-0.39, 0.29) is 20.1 Å². The van der Waals surface area contributed by atoms with Crippen molar-refractivity contribution in [3.63, 3.8) is 0 Å². The van der Waals surface area contributed by atoms with Gasteiger partial charge in [0.1, 0.15) is 17.6 Å². The second-order valence-corrected chi connectivity index (χ2v) is 9.14. The van der Waals surface area contributed by atoms with Crippen LogP contribution in [0.25, 0.3) is 44.4 Å². The third-order valence-electron chi connectivity index (χ3n) is 6.68. The summed E-state index contributed by atoms with van der Waals surface area (Å²) in [7, 11) is 2.08. The standard InChI is InChI=1S/C29H26N4.Ir/c1-18-12-13-23-24(14-18)22-11-7-10-21(4)28(22)33-15-25(30-29(23)33)26-16-32(17-31(26)5)27-19(2)8-6-9-20(27)3;/h6-12,14-17H,1-5H3;. The molecule has 0 N–H and O–H groups in total. The number of imidazole rings is 2. The fourth-order valence-electron chi connectivity index (χ4n) is 5.14. The summed E-state index contributed by atoms with van der Waals surface area (Å²) in [6.45, 7) is 8.61. The summed E-state index contributed by atoms with van der Waals surface area (Å²) in [6, 6.07) is 20.7. The van der Waals surface area contributed by atoms with Gasteiger partial charge in [0.15, 0.2) is 5.69 Å². The minimum atomic E-state index is 0. The van der Waals surface area contributed by atoms with Gasteiger partial charge in [0.05, 0.1) is 12.7 Å². The van der Waals surface area contributed by atoms with E-state index in [4.69, 9.17) is 4.98 Å². The molecule has 0 fully saturated rings. The van der Waals surface area contributed by atoms with E-state index in [1.807, 2.05) is 0 Å². The van der Waals surface area contributed by atoms with Gasteiger partial charge < -0.3 is 4.40 Å². The van der Waals surface area contributed by atoms with Gasteiger partial charge in [-0.25, -0.2) is 9.13 Å². The van der Waals surface area contributed by atoms with Gasteiger partial charge >= 0.3 is 0 Å². The smallest absolute Gasteiger partial charge is 0.249 e. The minimum absolute atomic E-state index is 0. The monoisotopic (exact) mass is 623 g/mol. The summed E-state index contributed by atoms with van der Waals surface area (Å²) in [4.78, 5) is 5.14. The molecule has 0 aliphatic carbocycles. The first-order chi connectivity index (χ1) is 15.9. The van der Waals surface area contributed by atoms with Crippen molar-refractivity contribution < 1.29 is 24.7 Å². The maximum absolute atomic E-state index is 5.14. The van der Waals surface area contributed by atoms with Gasteiger partial charge in [-0.3, -0.25) is 4.98 Å². The Labute approximate surface area is 212 Å². The van der Waals surface area contributed by atoms with Crippen LogP contribution in [0.15, 0.2) is 67.3 Å². The van der Waals surface area contributed by atoms with E-state index >= 15 is 0 Å². The van der Waals surface area contributed by atoms with Gasteiger partial charge in [0, 0.05) is 31.8 Å². The molecule has 1 radical (unpaired) electrons. The fraction of sp³-hybridized carbons (Fsp3) is 0.172. The molecule has 3 aromatic heterocycles. The van der Waals surface area contributed by atoms with E-state index in [0.29, 0.717) is 0 Å². The molecule has 0 spiro atoms. The Balaban J connectivity index is 0.00000241. The van der Waals surface area contributed by atoms with Crippen molar-refractivity contribution >= 4 is 27.3 Å². The molecule has 4 nitrogen and oxygen atoms in total. The zero-order chi connectivity index (χ0) is 22.9. The number of benzene rings is 3. The van der Waals surface area contributed by atoms with Crippen LogP contribution in [0, 0.1) is 33.8 Å². The SMILES string of the molecule is Cc1c[c-]c2c(c1)c1cccc(C)c1n1cc(-c3c[n+](-c4c(C)cccc4C)cn3C)nc21.[Ir]. The number of pyridine rings is 1. The number of rotatable bonds is 2. The third kappa shape index (κ3) is 3.31. The molecule has 0 amide bonds. The Hall–Kier alpha value is -3.27. The van der Waals surface area contributed by atoms with E-state index in [9.17, 15) is 0 Å². The molecule has 6 rings (SSSR count). The predicted octanol–water partition coefficient (Wildman–Crippen LogP) is 5.95. The molecule has 0 aliphatic rings. The summed E-state index contributed by atoms with van der Waals surface area (Å²) in [5.41, 5.74) is 10.3. The number of hydrogen-bond acceptors (Lipinski definition) is 1. The van der Waals surface area contributed by atoms with Gasteiger partial charge in [0.25, 0.3) is 0 Å². The van der Waals surface area contributed by atoms with Crippen LogP contribution in [0.1, 0.15) is 22.3 Å². The van der Waals surface area contributed by atoms with Gasteiger partial charge in [-0.05, 0) is 42.8 Å². The van der Waals surface area contributed by atoms with Crippen LogP contribution < -0.4 is 4.57 Å². The topological polar surface area (TPSA) is 26.1 Å². The van der Waals surface area contributed by atoms with Gasteiger partial charge in [-0.2, -0.15) is 0 Å². The molecular formula is C29H26IrN4. The molecule has 5 heteroatoms. The van der Waals surface area contributed by atoms with Crippen LogP contribution in [-0.2, 0) is 27.2 Å². The maximum Gasteiger partial charge on any atom is 0.249 e. The average molecular weight is 623 g/mol. The maximum atomic E-state index is 5.14. The van der Waals surface area contributed by atoms with Crippen molar-refractivity contribution in [3.8, 4) is 17.1 Å². The zero-order valence-electron chi connectivity index (χ0n) is 20.0. The number of hydrogen-bond donors (Lipinski definition) is 0. The average Bonchev–Trinajstić information content (AvgIpc) is 3.37. The Morgan fingerprint density at radius 2 is 1.62 bits per heavy atom. The first-order valence-electron chi connectivity index (χ1n) is 11.3. The van der Waals surface area contributed by atoms with E-state index in [1.165, 1.54) is 44.2 Å². The van der Waals surface area contributed by atoms with Crippen LogP contribution in [0.2, 0.25) is 0 Å². The Kier molecular flexibility index (Phi) is 5.43. The molecule has 0 atom stereocenters. The van der Waals surface area contributed by atoms with Crippen molar-refractivity contribution in [2.24, 2.45) is 7.05 Å². The van der Waals surface area contributed by atoms with Gasteiger partial charge in [-0.15, -0.1) is 29.1 Å². The predicted molar refractivity (Wildman–Crippen MR) is 134 cm³/mol. The molecule has 6 aromatic rings. The summed E-state index contributed by atoms with van der Waals surface area (Å²) in [5, 5.41) is 3.50. The zero-order valence-corrected chi connectivity index (χ0v) is 22.4. The van der Waals surface area contributed by atoms with Crippen molar-refractivity contribution in [2.45, 2.75) is 27.7 Å². The molecule has 3 heterocycles. The van der Waals surface area contributed by atoms with Crippen molar-refractivity contribution in [1.29, 1.82) is 0 Å². The number of para-hydroxylation sites is 2. The van der Waals surface area contributed by atoms with Gasteiger partial charge in [0.2, 0.25) is 6.33 Å². The van der Waals surface area contributed by atoms with E-state index < -0.39 is 0 Å². The van der Waals surface area contributed by atoms with Crippen molar-refractivity contribution in [1.82, 2.24) is 14.0 Å². The van der Waals surface area contributed by atoms with E-state index in [2.05, 4.69) is 122 Å². The second kappa shape index (κ2) is 8.19. The number of aromatic nitrogens is 4. The Morgan fingerprint density at radius 3 is 2.38 bits per heavy atom. The molecular weight excluding hydrogens is 597 g/mol. The summed E-state index contributed by atoms with van der Waals surface area (Å²) in [6.07, 6.45) is 6.48. The Bertz CT molecular complexity index is 1700. The van der Waals surface area contributed by atoms with Crippen LogP contribution in [-0.4, -0.2) is 14.0 Å². The molecule has 0 saturated carbocycles. The number of aryl methyl sites for hydroxylation is 5. The van der Waals surface area contributed by atoms with Crippen LogP contribution in [0.5, 0.6) is 0 Å². The summed E-state index contributed by atoms with van der Waals surface area (Å²) in [5.74, 6) is 0. The first-order valence-corrected chi connectivity index (χ1v) is 11.3. The largest absolute Gasteiger partial charge is 0.339 e. The van der Waals surface area contributed by atoms with E-state index in [0.717, 1.165) is 22.4 Å². The van der Waals surface area contributed by atoms with Crippen LogP contribution in [0.3, 0.4) is 0 Å². The van der Waals surface area contributed by atoms with Crippen LogP contribution in [0.4, 0.5) is 0 Å². The van der Waals surface area contributed by atoms with Crippen molar-refractivity contribution in [3.05, 3.63) is 95.6 Å². The van der Waals surface area contributed by atoms with Gasteiger partial charge in [-0.1, -0.05) is 48.7 Å². The molecule has 0 bridgehead atoms. The van der Waals surface area contributed by atoms with Crippen LogP contribution >= 0.6 is 0 Å². The molecule has 3 aromatic carbocycles. The van der Waals surface area contributed by atoms with E-state index in [1.54, 1.807) is 0 Å². The normalized spacial score (nSPS) is 11.4. The summed E-state index contributed by atoms with van der Waals surface area (Å²) >= 11 is 0. The van der Waals surface area contributed by atoms with Crippen molar-refractivity contribution in [2.75, 3.05) is 0 Å². The molecule has 0 aliphatic heterocycles.